The van der Waals surface area contributed by atoms with Gasteiger partial charge in [-0.05, 0) is 41.3 Å². The first-order chi connectivity index (χ1) is 11.5. The Hall–Kier alpha value is -2.50. The van der Waals surface area contributed by atoms with Gasteiger partial charge in [-0.1, -0.05) is 26.8 Å². The van der Waals surface area contributed by atoms with Crippen molar-refractivity contribution in [2.75, 3.05) is 4.90 Å². The quantitative estimate of drug-likeness (QED) is 0.602. The molecule has 1 aliphatic rings. The van der Waals surface area contributed by atoms with Crippen LogP contribution in [0.3, 0.4) is 0 Å². The van der Waals surface area contributed by atoms with Gasteiger partial charge in [0, 0.05) is 6.92 Å². The summed E-state index contributed by atoms with van der Waals surface area (Å²) in [4.78, 5) is 13.5. The van der Waals surface area contributed by atoms with Gasteiger partial charge in [0.05, 0.1) is 16.9 Å². The number of rotatable bonds is 0. The van der Waals surface area contributed by atoms with E-state index in [9.17, 15) is 18.0 Å². The van der Waals surface area contributed by atoms with Crippen LogP contribution < -0.4 is 9.64 Å². The Kier molecular flexibility index (Phi) is 3.82. The summed E-state index contributed by atoms with van der Waals surface area (Å²) in [5.41, 5.74) is 0.813. The maximum Gasteiger partial charge on any atom is 0.416 e. The third kappa shape index (κ3) is 3.08. The summed E-state index contributed by atoms with van der Waals surface area (Å²) in [5.74, 6) is 0.0899. The molecule has 3 rings (SSSR count). The topological polar surface area (TPSA) is 29.5 Å². The van der Waals surface area contributed by atoms with E-state index in [4.69, 9.17) is 4.74 Å². The zero-order chi connectivity index (χ0) is 18.6. The molecule has 0 bridgehead atoms. The largest absolute Gasteiger partial charge is 0.453 e. The summed E-state index contributed by atoms with van der Waals surface area (Å²) >= 11 is 0. The molecule has 0 saturated heterocycles. The van der Waals surface area contributed by atoms with Crippen molar-refractivity contribution >= 4 is 17.3 Å². The molecule has 0 spiro atoms. The van der Waals surface area contributed by atoms with Crippen molar-refractivity contribution in [3.8, 4) is 11.5 Å². The van der Waals surface area contributed by atoms with Crippen LogP contribution in [0.15, 0.2) is 36.4 Å². The number of carbonyl (C=O) groups excluding carboxylic acids is 1. The lowest BCUT2D eigenvalue weighted by Crippen LogP contribution is -2.26. The molecule has 6 heteroatoms. The lowest BCUT2D eigenvalue weighted by molar-refractivity contribution is -0.137. The number of hydrogen-bond donors (Lipinski definition) is 0. The van der Waals surface area contributed by atoms with Crippen molar-refractivity contribution < 1.29 is 22.7 Å². The van der Waals surface area contributed by atoms with Gasteiger partial charge in [0.15, 0.2) is 11.5 Å². The van der Waals surface area contributed by atoms with Gasteiger partial charge in [0.25, 0.3) is 0 Å². The normalized spacial score (nSPS) is 13.8. The van der Waals surface area contributed by atoms with Crippen molar-refractivity contribution in [2.45, 2.75) is 39.3 Å². The fourth-order valence-electron chi connectivity index (χ4n) is 2.79. The van der Waals surface area contributed by atoms with Crippen LogP contribution >= 0.6 is 0 Å². The molecule has 0 aliphatic carbocycles. The molecule has 132 valence electrons. The third-order valence-electron chi connectivity index (χ3n) is 4.13. The van der Waals surface area contributed by atoms with Crippen molar-refractivity contribution in [3.63, 3.8) is 0 Å². The highest BCUT2D eigenvalue weighted by atomic mass is 19.4. The van der Waals surface area contributed by atoms with E-state index in [0.29, 0.717) is 17.1 Å². The lowest BCUT2D eigenvalue weighted by atomic mass is 9.86. The maximum atomic E-state index is 13.0. The van der Waals surface area contributed by atoms with Crippen LogP contribution in [0.1, 0.15) is 38.8 Å². The number of hydrogen-bond acceptors (Lipinski definition) is 2. The monoisotopic (exact) mass is 349 g/mol. The Bertz CT molecular complexity index is 787. The first-order valence-corrected chi connectivity index (χ1v) is 7.83. The predicted octanol–water partition coefficient (Wildman–Crippen LogP) is 5.79. The second-order valence-corrected chi connectivity index (χ2v) is 7.07. The fraction of sp³-hybridized carbons (Fsp3) is 0.316. The molecule has 25 heavy (non-hydrogen) atoms. The molecule has 0 atom stereocenters. The highest BCUT2D eigenvalue weighted by Crippen LogP contribution is 2.49. The molecule has 0 aromatic heterocycles. The van der Waals surface area contributed by atoms with E-state index in [0.717, 1.165) is 17.7 Å². The van der Waals surface area contributed by atoms with Gasteiger partial charge in [-0.3, -0.25) is 9.69 Å². The summed E-state index contributed by atoms with van der Waals surface area (Å²) in [6, 6.07) is 8.57. The van der Waals surface area contributed by atoms with Gasteiger partial charge in [0.1, 0.15) is 0 Å². The number of nitrogens with zero attached hydrogens (tertiary/aromatic N) is 1. The van der Waals surface area contributed by atoms with E-state index in [-0.39, 0.29) is 17.1 Å². The Labute approximate surface area is 144 Å². The smallest absolute Gasteiger partial charge is 0.416 e. The van der Waals surface area contributed by atoms with Gasteiger partial charge in [0.2, 0.25) is 5.91 Å². The minimum absolute atomic E-state index is 0.0172. The molecule has 2 aromatic carbocycles. The Morgan fingerprint density at radius 1 is 0.920 bits per heavy atom. The number of halogens is 3. The number of carbonyl (C=O) groups is 1. The molecule has 0 saturated carbocycles. The zero-order valence-electron chi connectivity index (χ0n) is 14.4. The number of amides is 1. The van der Waals surface area contributed by atoms with Crippen LogP contribution in [0.25, 0.3) is 0 Å². The van der Waals surface area contributed by atoms with Gasteiger partial charge in [-0.15, -0.1) is 0 Å². The summed E-state index contributed by atoms with van der Waals surface area (Å²) in [6.45, 7) is 7.44. The number of alkyl halides is 3. The Balaban J connectivity index is 2.17. The van der Waals surface area contributed by atoms with Gasteiger partial charge >= 0.3 is 6.18 Å². The van der Waals surface area contributed by atoms with Crippen molar-refractivity contribution in [1.82, 2.24) is 0 Å². The molecule has 3 nitrogen and oxygen atoms in total. The Morgan fingerprint density at radius 3 is 1.84 bits per heavy atom. The molecule has 0 radical (unpaired) electrons. The predicted molar refractivity (Wildman–Crippen MR) is 89.5 cm³/mol. The molecule has 1 amide bonds. The van der Waals surface area contributed by atoms with Gasteiger partial charge < -0.3 is 4.74 Å². The average Bonchev–Trinajstić information content (AvgIpc) is 2.49. The maximum absolute atomic E-state index is 13.0. The Morgan fingerprint density at radius 2 is 1.40 bits per heavy atom. The lowest BCUT2D eigenvalue weighted by Gasteiger charge is -2.32. The van der Waals surface area contributed by atoms with E-state index < -0.39 is 11.7 Å². The summed E-state index contributed by atoms with van der Waals surface area (Å²) < 4.78 is 44.7. The number of ether oxygens (including phenoxy) is 1. The van der Waals surface area contributed by atoms with Crippen LogP contribution in [0.5, 0.6) is 11.5 Å². The van der Waals surface area contributed by atoms with E-state index in [1.54, 1.807) is 12.1 Å². The van der Waals surface area contributed by atoms with Crippen LogP contribution in [-0.4, -0.2) is 5.91 Å². The molecule has 0 N–H and O–H groups in total. The summed E-state index contributed by atoms with van der Waals surface area (Å²) in [5, 5.41) is 0. The van der Waals surface area contributed by atoms with Crippen molar-refractivity contribution in [2.24, 2.45) is 0 Å². The molecular weight excluding hydrogens is 331 g/mol. The van der Waals surface area contributed by atoms with E-state index in [2.05, 4.69) is 0 Å². The van der Waals surface area contributed by atoms with Crippen molar-refractivity contribution in [3.05, 3.63) is 47.5 Å². The van der Waals surface area contributed by atoms with Crippen molar-refractivity contribution in [1.29, 1.82) is 0 Å². The van der Waals surface area contributed by atoms with E-state index in [1.165, 1.54) is 17.9 Å². The minimum atomic E-state index is -4.48. The van der Waals surface area contributed by atoms with E-state index in [1.807, 2.05) is 26.8 Å². The van der Waals surface area contributed by atoms with Crippen LogP contribution in [0.4, 0.5) is 24.5 Å². The molecule has 1 aliphatic heterocycles. The van der Waals surface area contributed by atoms with Gasteiger partial charge in [-0.25, -0.2) is 0 Å². The fourth-order valence-corrected chi connectivity index (χ4v) is 2.79. The second-order valence-electron chi connectivity index (χ2n) is 7.07. The molecular formula is C19H18F3NO2. The third-order valence-corrected chi connectivity index (χ3v) is 4.13. The molecule has 2 aromatic rings. The first kappa shape index (κ1) is 17.3. The highest BCUT2D eigenvalue weighted by Gasteiger charge is 2.34. The van der Waals surface area contributed by atoms with Gasteiger partial charge in [-0.2, -0.15) is 13.2 Å². The first-order valence-electron chi connectivity index (χ1n) is 7.83. The zero-order valence-corrected chi connectivity index (χ0v) is 14.4. The summed E-state index contributed by atoms with van der Waals surface area (Å²) in [7, 11) is 0. The molecule has 1 heterocycles. The molecule has 0 unspecified atom stereocenters. The molecule has 0 fully saturated rings. The summed E-state index contributed by atoms with van der Waals surface area (Å²) in [6.07, 6.45) is -4.48. The number of benzene rings is 2. The number of anilines is 2. The minimum Gasteiger partial charge on any atom is -0.453 e. The standard InChI is InChI=1S/C19H18F3NO2/c1-11(24)23-14-7-5-12(18(2,3)4)9-16(14)25-17-10-13(19(20,21)22)6-8-15(17)23/h5-10H,1-4H3. The average molecular weight is 349 g/mol. The van der Waals surface area contributed by atoms with E-state index >= 15 is 0 Å². The highest BCUT2D eigenvalue weighted by molar-refractivity contribution is 6.03. The number of fused-ring (bicyclic) bond motifs is 2. The SMILES string of the molecule is CC(=O)N1c2ccc(C(C)(C)C)cc2Oc2cc(C(F)(F)F)ccc21. The second kappa shape index (κ2) is 5.51. The van der Waals surface area contributed by atoms with Crippen LogP contribution in [0.2, 0.25) is 0 Å². The van der Waals surface area contributed by atoms with Crippen LogP contribution in [-0.2, 0) is 16.4 Å². The van der Waals surface area contributed by atoms with Crippen LogP contribution in [0, 0.1) is 0 Å².